The number of fused-ring (bicyclic) bond motifs is 1. The zero-order chi connectivity index (χ0) is 16.2. The number of aryl methyl sites for hydroxylation is 1. The molecule has 5 nitrogen and oxygen atoms in total. The van der Waals surface area contributed by atoms with E-state index in [0.717, 1.165) is 48.9 Å². The van der Waals surface area contributed by atoms with Crippen LogP contribution >= 0.6 is 11.3 Å². The standard InChI is InChI=1S/C17H26N4OS/c1-12(2)8-14(21-4-6-22-7-5-21)10-18-16-15-9-13(3)23-17(15)20-11-19-16/h9,11-12,14H,4-8,10H2,1-3H3,(H,18,19,20). The molecular weight excluding hydrogens is 308 g/mol. The first-order chi connectivity index (χ1) is 11.1. The van der Waals surface area contributed by atoms with Gasteiger partial charge in [-0.2, -0.15) is 0 Å². The van der Waals surface area contributed by atoms with Crippen molar-refractivity contribution in [2.24, 2.45) is 5.92 Å². The molecule has 0 radical (unpaired) electrons. The van der Waals surface area contributed by atoms with Crippen LogP contribution in [0.1, 0.15) is 25.1 Å². The van der Waals surface area contributed by atoms with Gasteiger partial charge in [0.05, 0.1) is 18.6 Å². The van der Waals surface area contributed by atoms with Gasteiger partial charge in [-0.3, -0.25) is 4.90 Å². The molecule has 1 aliphatic heterocycles. The van der Waals surface area contributed by atoms with E-state index < -0.39 is 0 Å². The summed E-state index contributed by atoms with van der Waals surface area (Å²) in [6, 6.07) is 2.69. The molecule has 0 spiro atoms. The summed E-state index contributed by atoms with van der Waals surface area (Å²) in [6.45, 7) is 11.3. The summed E-state index contributed by atoms with van der Waals surface area (Å²) in [4.78, 5) is 13.7. The average molecular weight is 334 g/mol. The van der Waals surface area contributed by atoms with E-state index in [4.69, 9.17) is 4.74 Å². The van der Waals surface area contributed by atoms with Gasteiger partial charge >= 0.3 is 0 Å². The van der Waals surface area contributed by atoms with Crippen molar-refractivity contribution in [2.75, 3.05) is 38.2 Å². The lowest BCUT2D eigenvalue weighted by molar-refractivity contribution is 0.0150. The highest BCUT2D eigenvalue weighted by molar-refractivity contribution is 7.18. The second-order valence-corrected chi connectivity index (χ2v) is 7.85. The highest BCUT2D eigenvalue weighted by Gasteiger charge is 2.22. The normalized spacial score (nSPS) is 17.7. The molecule has 3 heterocycles. The number of rotatable bonds is 6. The number of ether oxygens (including phenoxy) is 1. The second-order valence-electron chi connectivity index (χ2n) is 6.61. The van der Waals surface area contributed by atoms with Crippen molar-refractivity contribution in [3.8, 4) is 0 Å². The predicted octanol–water partition coefficient (Wildman–Crippen LogP) is 3.16. The molecule has 23 heavy (non-hydrogen) atoms. The van der Waals surface area contributed by atoms with Crippen LogP contribution in [-0.4, -0.2) is 53.8 Å². The maximum atomic E-state index is 5.50. The number of thiophene rings is 1. The lowest BCUT2D eigenvalue weighted by Gasteiger charge is -2.35. The third-order valence-electron chi connectivity index (χ3n) is 4.26. The molecule has 1 fully saturated rings. The molecule has 1 unspecified atom stereocenters. The van der Waals surface area contributed by atoms with E-state index in [9.17, 15) is 0 Å². The van der Waals surface area contributed by atoms with Crippen molar-refractivity contribution in [2.45, 2.75) is 33.2 Å². The molecule has 2 aromatic heterocycles. The minimum absolute atomic E-state index is 0.517. The summed E-state index contributed by atoms with van der Waals surface area (Å²) in [7, 11) is 0. The Morgan fingerprint density at radius 3 is 2.83 bits per heavy atom. The molecule has 0 amide bonds. The maximum Gasteiger partial charge on any atom is 0.138 e. The van der Waals surface area contributed by atoms with Crippen LogP contribution in [0, 0.1) is 12.8 Å². The predicted molar refractivity (Wildman–Crippen MR) is 96.3 cm³/mol. The number of nitrogens with zero attached hydrogens (tertiary/aromatic N) is 3. The van der Waals surface area contributed by atoms with E-state index in [1.807, 2.05) is 0 Å². The Bertz CT molecular complexity index is 637. The van der Waals surface area contributed by atoms with Gasteiger partial charge in [0.15, 0.2) is 0 Å². The van der Waals surface area contributed by atoms with Crippen LogP contribution in [-0.2, 0) is 4.74 Å². The van der Waals surface area contributed by atoms with Gasteiger partial charge in [-0.25, -0.2) is 9.97 Å². The molecule has 1 saturated heterocycles. The van der Waals surface area contributed by atoms with Gasteiger partial charge in [-0.1, -0.05) is 13.8 Å². The summed E-state index contributed by atoms with van der Waals surface area (Å²) in [5.74, 6) is 1.64. The van der Waals surface area contributed by atoms with Gasteiger partial charge in [0, 0.05) is 30.6 Å². The molecule has 0 aliphatic carbocycles. The molecule has 0 aromatic carbocycles. The number of aromatic nitrogens is 2. The monoisotopic (exact) mass is 334 g/mol. The highest BCUT2D eigenvalue weighted by atomic mass is 32.1. The molecule has 1 aliphatic rings. The van der Waals surface area contributed by atoms with E-state index in [1.165, 1.54) is 11.3 Å². The van der Waals surface area contributed by atoms with Crippen molar-refractivity contribution in [1.29, 1.82) is 0 Å². The Hall–Kier alpha value is -1.24. The fourth-order valence-corrected chi connectivity index (χ4v) is 4.03. The van der Waals surface area contributed by atoms with Crippen LogP contribution in [0.4, 0.5) is 5.82 Å². The third-order valence-corrected chi connectivity index (χ3v) is 5.22. The minimum atomic E-state index is 0.517. The van der Waals surface area contributed by atoms with Crippen molar-refractivity contribution in [3.05, 3.63) is 17.3 Å². The van der Waals surface area contributed by atoms with Crippen LogP contribution in [0.15, 0.2) is 12.4 Å². The number of morpholine rings is 1. The molecule has 3 rings (SSSR count). The van der Waals surface area contributed by atoms with Gasteiger partial charge in [0.2, 0.25) is 0 Å². The first-order valence-electron chi connectivity index (χ1n) is 8.40. The van der Waals surface area contributed by atoms with E-state index in [2.05, 4.69) is 47.0 Å². The Labute approximate surface area is 142 Å². The van der Waals surface area contributed by atoms with E-state index in [0.29, 0.717) is 12.0 Å². The van der Waals surface area contributed by atoms with Gasteiger partial charge in [0.25, 0.3) is 0 Å². The number of hydrogen-bond acceptors (Lipinski definition) is 6. The summed E-state index contributed by atoms with van der Waals surface area (Å²) in [6.07, 6.45) is 2.84. The Morgan fingerprint density at radius 1 is 1.30 bits per heavy atom. The molecule has 126 valence electrons. The lowest BCUT2D eigenvalue weighted by atomic mass is 10.0. The second kappa shape index (κ2) is 7.55. The smallest absolute Gasteiger partial charge is 0.138 e. The summed E-state index contributed by atoms with van der Waals surface area (Å²) in [5.41, 5.74) is 0. The van der Waals surface area contributed by atoms with E-state index >= 15 is 0 Å². The van der Waals surface area contributed by atoms with Crippen LogP contribution in [0.3, 0.4) is 0 Å². The molecule has 0 saturated carbocycles. The van der Waals surface area contributed by atoms with E-state index in [1.54, 1.807) is 17.7 Å². The van der Waals surface area contributed by atoms with Gasteiger partial charge in [0.1, 0.15) is 17.0 Å². The Balaban J connectivity index is 1.71. The van der Waals surface area contributed by atoms with Crippen LogP contribution in [0.5, 0.6) is 0 Å². The van der Waals surface area contributed by atoms with Gasteiger partial charge in [-0.05, 0) is 25.3 Å². The molecule has 2 aromatic rings. The fraction of sp³-hybridized carbons (Fsp3) is 0.647. The van der Waals surface area contributed by atoms with E-state index in [-0.39, 0.29) is 0 Å². The lowest BCUT2D eigenvalue weighted by Crippen LogP contribution is -2.47. The largest absolute Gasteiger partial charge is 0.379 e. The topological polar surface area (TPSA) is 50.3 Å². The third kappa shape index (κ3) is 4.19. The quantitative estimate of drug-likeness (QED) is 0.879. The maximum absolute atomic E-state index is 5.50. The van der Waals surface area contributed by atoms with Crippen molar-refractivity contribution < 1.29 is 4.74 Å². The molecule has 1 atom stereocenters. The summed E-state index contributed by atoms with van der Waals surface area (Å²) in [5, 5.41) is 4.72. The fourth-order valence-electron chi connectivity index (χ4n) is 3.18. The highest BCUT2D eigenvalue weighted by Crippen LogP contribution is 2.27. The summed E-state index contributed by atoms with van der Waals surface area (Å²) >= 11 is 1.72. The Kier molecular flexibility index (Phi) is 5.46. The molecule has 6 heteroatoms. The van der Waals surface area contributed by atoms with Crippen molar-refractivity contribution in [3.63, 3.8) is 0 Å². The molecular formula is C17H26N4OS. The van der Waals surface area contributed by atoms with Crippen LogP contribution < -0.4 is 5.32 Å². The van der Waals surface area contributed by atoms with Crippen LogP contribution in [0.2, 0.25) is 0 Å². The average Bonchev–Trinajstić information content (AvgIpc) is 2.92. The van der Waals surface area contributed by atoms with Crippen LogP contribution in [0.25, 0.3) is 10.2 Å². The first kappa shape index (κ1) is 16.6. The zero-order valence-electron chi connectivity index (χ0n) is 14.2. The number of hydrogen-bond donors (Lipinski definition) is 1. The zero-order valence-corrected chi connectivity index (χ0v) is 15.0. The molecule has 1 N–H and O–H groups in total. The van der Waals surface area contributed by atoms with Crippen molar-refractivity contribution >= 4 is 27.4 Å². The SMILES string of the molecule is Cc1cc2c(NCC(CC(C)C)N3CCOCC3)ncnc2s1. The summed E-state index contributed by atoms with van der Waals surface area (Å²) < 4.78 is 5.50. The Morgan fingerprint density at radius 2 is 2.09 bits per heavy atom. The molecule has 0 bridgehead atoms. The first-order valence-corrected chi connectivity index (χ1v) is 9.22. The number of nitrogens with one attached hydrogen (secondary N) is 1. The van der Waals surface area contributed by atoms with Gasteiger partial charge in [-0.15, -0.1) is 11.3 Å². The van der Waals surface area contributed by atoms with Crippen molar-refractivity contribution in [1.82, 2.24) is 14.9 Å². The minimum Gasteiger partial charge on any atom is -0.379 e. The number of anilines is 1. The van der Waals surface area contributed by atoms with Gasteiger partial charge < -0.3 is 10.1 Å².